The lowest BCUT2D eigenvalue weighted by Gasteiger charge is -2.12. The molecule has 0 spiro atoms. The maximum absolute atomic E-state index is 11.0. The zero-order valence-electron chi connectivity index (χ0n) is 9.77. The Kier molecular flexibility index (Phi) is 2.95. The first-order valence-corrected chi connectivity index (χ1v) is 5.47. The van der Waals surface area contributed by atoms with Crippen molar-refractivity contribution in [3.8, 4) is 0 Å². The van der Waals surface area contributed by atoms with Gasteiger partial charge in [0.15, 0.2) is 5.69 Å². The number of anilines is 1. The molecule has 88 valence electrons. The molecule has 1 aromatic heterocycles. The SMILES string of the molecule is CC(C)Nc1nc(C(=O)O)cc2ccccc12. The molecule has 2 N–H and O–H groups in total. The van der Waals surface area contributed by atoms with Crippen LogP contribution < -0.4 is 5.32 Å². The molecule has 0 aliphatic carbocycles. The zero-order chi connectivity index (χ0) is 12.4. The molecule has 0 aliphatic rings. The average Bonchev–Trinajstić information content (AvgIpc) is 2.28. The quantitative estimate of drug-likeness (QED) is 0.851. The zero-order valence-corrected chi connectivity index (χ0v) is 9.77. The molecule has 0 bridgehead atoms. The molecule has 0 unspecified atom stereocenters. The van der Waals surface area contributed by atoms with Crippen molar-refractivity contribution < 1.29 is 9.90 Å². The van der Waals surface area contributed by atoms with Gasteiger partial charge in [0, 0.05) is 11.4 Å². The highest BCUT2D eigenvalue weighted by Gasteiger charge is 2.10. The number of carboxylic acids is 1. The van der Waals surface area contributed by atoms with Crippen LogP contribution in [0, 0.1) is 0 Å². The van der Waals surface area contributed by atoms with Crippen molar-refractivity contribution >= 4 is 22.6 Å². The molecule has 0 fully saturated rings. The third kappa shape index (κ3) is 2.36. The Hall–Kier alpha value is -2.10. The van der Waals surface area contributed by atoms with Gasteiger partial charge in [-0.05, 0) is 25.3 Å². The molecule has 0 amide bonds. The van der Waals surface area contributed by atoms with Crippen LogP contribution in [0.25, 0.3) is 10.8 Å². The molecular formula is C13H14N2O2. The van der Waals surface area contributed by atoms with E-state index in [0.29, 0.717) is 5.82 Å². The largest absolute Gasteiger partial charge is 0.477 e. The minimum Gasteiger partial charge on any atom is -0.477 e. The summed E-state index contributed by atoms with van der Waals surface area (Å²) in [5.41, 5.74) is 0.0619. The highest BCUT2D eigenvalue weighted by Crippen LogP contribution is 2.23. The van der Waals surface area contributed by atoms with E-state index in [9.17, 15) is 4.79 Å². The number of fused-ring (bicyclic) bond motifs is 1. The number of aromatic carboxylic acids is 1. The molecule has 0 saturated heterocycles. The summed E-state index contributed by atoms with van der Waals surface area (Å²) in [5, 5.41) is 14.0. The van der Waals surface area contributed by atoms with Crippen molar-refractivity contribution in [2.45, 2.75) is 19.9 Å². The average molecular weight is 230 g/mol. The fourth-order valence-corrected chi connectivity index (χ4v) is 1.69. The highest BCUT2D eigenvalue weighted by molar-refractivity contribution is 5.97. The second-order valence-electron chi connectivity index (χ2n) is 4.18. The van der Waals surface area contributed by atoms with Gasteiger partial charge in [0.2, 0.25) is 0 Å². The van der Waals surface area contributed by atoms with Gasteiger partial charge in [0.05, 0.1) is 0 Å². The van der Waals surface area contributed by atoms with Crippen molar-refractivity contribution in [1.29, 1.82) is 0 Å². The molecule has 0 aliphatic heterocycles. The van der Waals surface area contributed by atoms with Crippen molar-refractivity contribution in [2.75, 3.05) is 5.32 Å². The van der Waals surface area contributed by atoms with Gasteiger partial charge in [0.1, 0.15) is 5.82 Å². The predicted octanol–water partition coefficient (Wildman–Crippen LogP) is 2.75. The molecule has 0 saturated carbocycles. The van der Waals surface area contributed by atoms with Crippen LogP contribution in [0.5, 0.6) is 0 Å². The Morgan fingerprint density at radius 3 is 2.71 bits per heavy atom. The molecule has 1 aromatic carbocycles. The van der Waals surface area contributed by atoms with E-state index in [1.54, 1.807) is 6.07 Å². The summed E-state index contributed by atoms with van der Waals surface area (Å²) >= 11 is 0. The smallest absolute Gasteiger partial charge is 0.354 e. The second-order valence-corrected chi connectivity index (χ2v) is 4.18. The van der Waals surface area contributed by atoms with Gasteiger partial charge in [-0.3, -0.25) is 0 Å². The lowest BCUT2D eigenvalue weighted by Crippen LogP contribution is -2.13. The third-order valence-electron chi connectivity index (χ3n) is 2.38. The third-order valence-corrected chi connectivity index (χ3v) is 2.38. The lowest BCUT2D eigenvalue weighted by atomic mass is 10.1. The van der Waals surface area contributed by atoms with E-state index >= 15 is 0 Å². The Labute approximate surface area is 99.3 Å². The molecule has 17 heavy (non-hydrogen) atoms. The van der Waals surface area contributed by atoms with E-state index in [1.165, 1.54) is 0 Å². The van der Waals surface area contributed by atoms with E-state index in [1.807, 2.05) is 38.1 Å². The standard InChI is InChI=1S/C13H14N2O2/c1-8(2)14-12-10-6-4-3-5-9(10)7-11(15-12)13(16)17/h3-8H,1-2H3,(H,14,15)(H,16,17). The summed E-state index contributed by atoms with van der Waals surface area (Å²) in [6.07, 6.45) is 0. The molecule has 1 heterocycles. The number of hydrogen-bond donors (Lipinski definition) is 2. The Morgan fingerprint density at radius 1 is 1.35 bits per heavy atom. The Morgan fingerprint density at radius 2 is 2.06 bits per heavy atom. The predicted molar refractivity (Wildman–Crippen MR) is 67.5 cm³/mol. The van der Waals surface area contributed by atoms with Crippen molar-refractivity contribution in [3.05, 3.63) is 36.0 Å². The van der Waals surface area contributed by atoms with Crippen molar-refractivity contribution in [2.24, 2.45) is 0 Å². The number of carbonyl (C=O) groups is 1. The van der Waals surface area contributed by atoms with E-state index < -0.39 is 5.97 Å². The first-order chi connectivity index (χ1) is 8.08. The first-order valence-electron chi connectivity index (χ1n) is 5.47. The summed E-state index contributed by atoms with van der Waals surface area (Å²) in [5.74, 6) is -0.391. The van der Waals surface area contributed by atoms with Crippen LogP contribution in [0.15, 0.2) is 30.3 Å². The number of aromatic nitrogens is 1. The molecule has 4 nitrogen and oxygen atoms in total. The van der Waals surface area contributed by atoms with E-state index in [-0.39, 0.29) is 11.7 Å². The van der Waals surface area contributed by atoms with E-state index in [4.69, 9.17) is 5.11 Å². The number of carboxylic acid groups (broad SMARTS) is 1. The summed E-state index contributed by atoms with van der Waals surface area (Å²) in [6, 6.07) is 9.40. The van der Waals surface area contributed by atoms with E-state index in [2.05, 4.69) is 10.3 Å². The second kappa shape index (κ2) is 4.41. The van der Waals surface area contributed by atoms with Gasteiger partial charge >= 0.3 is 5.97 Å². The van der Waals surface area contributed by atoms with Gasteiger partial charge in [0.25, 0.3) is 0 Å². The molecule has 0 atom stereocenters. The van der Waals surface area contributed by atoms with Gasteiger partial charge in [-0.25, -0.2) is 9.78 Å². The number of benzene rings is 1. The maximum Gasteiger partial charge on any atom is 0.354 e. The number of nitrogens with one attached hydrogen (secondary N) is 1. The topological polar surface area (TPSA) is 62.2 Å². The van der Waals surface area contributed by atoms with Crippen LogP contribution in [0.3, 0.4) is 0 Å². The number of rotatable bonds is 3. The fourth-order valence-electron chi connectivity index (χ4n) is 1.69. The van der Waals surface area contributed by atoms with Crippen molar-refractivity contribution in [1.82, 2.24) is 4.98 Å². The van der Waals surface area contributed by atoms with Crippen LogP contribution in [0.4, 0.5) is 5.82 Å². The number of nitrogens with zero attached hydrogens (tertiary/aromatic N) is 1. The molecule has 2 rings (SSSR count). The fraction of sp³-hybridized carbons (Fsp3) is 0.231. The molecular weight excluding hydrogens is 216 g/mol. The van der Waals surface area contributed by atoms with Crippen LogP contribution in [0.2, 0.25) is 0 Å². The summed E-state index contributed by atoms with van der Waals surface area (Å²) in [4.78, 5) is 15.1. The highest BCUT2D eigenvalue weighted by atomic mass is 16.4. The monoisotopic (exact) mass is 230 g/mol. The molecule has 4 heteroatoms. The number of hydrogen-bond acceptors (Lipinski definition) is 3. The number of pyridine rings is 1. The summed E-state index contributed by atoms with van der Waals surface area (Å²) in [7, 11) is 0. The van der Waals surface area contributed by atoms with Crippen LogP contribution in [-0.2, 0) is 0 Å². The minimum atomic E-state index is -1.01. The minimum absolute atomic E-state index is 0.0619. The summed E-state index contributed by atoms with van der Waals surface area (Å²) < 4.78 is 0. The summed E-state index contributed by atoms with van der Waals surface area (Å²) in [6.45, 7) is 3.98. The molecule has 2 aromatic rings. The van der Waals surface area contributed by atoms with Crippen LogP contribution in [0.1, 0.15) is 24.3 Å². The van der Waals surface area contributed by atoms with Crippen LogP contribution in [-0.4, -0.2) is 22.1 Å². The Bertz CT molecular complexity index is 564. The molecule has 0 radical (unpaired) electrons. The van der Waals surface area contributed by atoms with Gasteiger partial charge < -0.3 is 10.4 Å². The van der Waals surface area contributed by atoms with E-state index in [0.717, 1.165) is 10.8 Å². The maximum atomic E-state index is 11.0. The van der Waals surface area contributed by atoms with Gasteiger partial charge in [-0.2, -0.15) is 0 Å². The van der Waals surface area contributed by atoms with Gasteiger partial charge in [-0.1, -0.05) is 24.3 Å². The van der Waals surface area contributed by atoms with Crippen molar-refractivity contribution in [3.63, 3.8) is 0 Å². The Balaban J connectivity index is 2.64. The van der Waals surface area contributed by atoms with Gasteiger partial charge in [-0.15, -0.1) is 0 Å². The lowest BCUT2D eigenvalue weighted by molar-refractivity contribution is 0.0691. The van der Waals surface area contributed by atoms with Crippen LogP contribution >= 0.6 is 0 Å². The first kappa shape index (κ1) is 11.4. The normalized spacial score (nSPS) is 10.8.